The van der Waals surface area contributed by atoms with Gasteiger partial charge >= 0.3 is 5.97 Å². The molecule has 0 bridgehead atoms. The normalized spacial score (nSPS) is 24.5. The second-order valence-corrected chi connectivity index (χ2v) is 9.73. The zero-order valence-electron chi connectivity index (χ0n) is 19.0. The summed E-state index contributed by atoms with van der Waals surface area (Å²) in [4.78, 5) is 19.2. The molecule has 0 saturated carbocycles. The van der Waals surface area contributed by atoms with Gasteiger partial charge in [-0.2, -0.15) is 0 Å². The minimum absolute atomic E-state index is 0.109. The van der Waals surface area contributed by atoms with Crippen LogP contribution in [0.3, 0.4) is 0 Å². The van der Waals surface area contributed by atoms with Crippen LogP contribution in [0.4, 0.5) is 4.39 Å². The number of aromatic amines is 1. The molecular weight excluding hydrogens is 419 g/mol. The predicted molar refractivity (Wildman–Crippen MR) is 124 cm³/mol. The number of halogens is 1. The molecule has 2 aromatic carbocycles. The van der Waals surface area contributed by atoms with Gasteiger partial charge < -0.3 is 14.5 Å². The van der Waals surface area contributed by atoms with Crippen LogP contribution in [0.25, 0.3) is 10.9 Å². The lowest BCUT2D eigenvalue weighted by atomic mass is 9.74. The lowest BCUT2D eigenvalue weighted by molar-refractivity contribution is -0.177. The molecule has 0 amide bonds. The van der Waals surface area contributed by atoms with Gasteiger partial charge in [-0.1, -0.05) is 12.1 Å². The number of rotatable bonds is 3. The van der Waals surface area contributed by atoms with Crippen molar-refractivity contribution in [2.75, 3.05) is 13.1 Å². The lowest BCUT2D eigenvalue weighted by Gasteiger charge is -2.56. The Morgan fingerprint density at radius 3 is 2.85 bits per heavy atom. The molecule has 1 spiro atoms. The maximum atomic E-state index is 13.2. The first kappa shape index (κ1) is 20.7. The van der Waals surface area contributed by atoms with Crippen LogP contribution in [0.1, 0.15) is 59.3 Å². The minimum Gasteiger partial charge on any atom is -0.472 e. The number of esters is 1. The third kappa shape index (κ3) is 3.34. The average molecular weight is 449 g/mol. The molecule has 5 nitrogen and oxygen atoms in total. The number of hydrogen-bond acceptors (Lipinski definition) is 4. The fraction of sp³-hybridized carbons (Fsp3) is 0.444. The summed E-state index contributed by atoms with van der Waals surface area (Å²) < 4.78 is 25.7. The Kier molecular flexibility index (Phi) is 4.94. The van der Waals surface area contributed by atoms with Crippen molar-refractivity contribution < 1.29 is 18.7 Å². The number of benzene rings is 2. The van der Waals surface area contributed by atoms with E-state index >= 15 is 0 Å². The molecule has 2 fully saturated rings. The molecule has 1 N–H and O–H groups in total. The number of nitrogens with zero attached hydrogens (tertiary/aromatic N) is 1. The van der Waals surface area contributed by atoms with Gasteiger partial charge in [0.1, 0.15) is 18.2 Å². The zero-order chi connectivity index (χ0) is 22.6. The van der Waals surface area contributed by atoms with Crippen molar-refractivity contribution in [1.82, 2.24) is 9.88 Å². The Labute approximate surface area is 192 Å². The number of carbonyl (C=O) groups is 1. The number of nitrogens with one attached hydrogen (secondary N) is 1. The van der Waals surface area contributed by atoms with Gasteiger partial charge in [-0.15, -0.1) is 0 Å². The van der Waals surface area contributed by atoms with Crippen molar-refractivity contribution in [3.05, 3.63) is 64.6 Å². The lowest BCUT2D eigenvalue weighted by Crippen LogP contribution is -2.64. The van der Waals surface area contributed by atoms with E-state index < -0.39 is 0 Å². The molecule has 2 atom stereocenters. The first-order valence-electron chi connectivity index (χ1n) is 12.0. The number of carbonyl (C=O) groups excluding carboxylic acids is 1. The van der Waals surface area contributed by atoms with Crippen molar-refractivity contribution in [2.24, 2.45) is 5.92 Å². The van der Waals surface area contributed by atoms with E-state index in [-0.39, 0.29) is 24.1 Å². The molecule has 2 unspecified atom stereocenters. The minimum atomic E-state index is -0.361. The third-order valence-corrected chi connectivity index (χ3v) is 7.81. The highest BCUT2D eigenvalue weighted by molar-refractivity contribution is 6.07. The van der Waals surface area contributed by atoms with E-state index in [1.54, 1.807) is 12.1 Å². The Bertz CT molecular complexity index is 1220. The molecule has 172 valence electrons. The molecule has 3 aliphatic heterocycles. The van der Waals surface area contributed by atoms with Crippen molar-refractivity contribution in [1.29, 1.82) is 0 Å². The molecule has 3 aromatic rings. The molecular formula is C27H29FN2O3. The quantitative estimate of drug-likeness (QED) is 0.538. The number of aromatic nitrogens is 1. The molecule has 0 aliphatic carbocycles. The number of H-pyrrole nitrogens is 1. The van der Waals surface area contributed by atoms with Gasteiger partial charge in [-0.3, -0.25) is 4.90 Å². The molecule has 6 heteroatoms. The predicted octanol–water partition coefficient (Wildman–Crippen LogP) is 5.50. The van der Waals surface area contributed by atoms with Gasteiger partial charge in [0.05, 0.1) is 5.56 Å². The first-order chi connectivity index (χ1) is 16.0. The van der Waals surface area contributed by atoms with Crippen LogP contribution in [0, 0.1) is 18.7 Å². The van der Waals surface area contributed by atoms with Crippen molar-refractivity contribution in [3.8, 4) is 5.75 Å². The second-order valence-electron chi connectivity index (χ2n) is 9.73. The Balaban J connectivity index is 1.36. The van der Waals surface area contributed by atoms with Crippen LogP contribution in [-0.4, -0.2) is 34.7 Å². The summed E-state index contributed by atoms with van der Waals surface area (Å²) >= 11 is 0. The van der Waals surface area contributed by atoms with Gasteiger partial charge in [0.2, 0.25) is 0 Å². The maximum Gasteiger partial charge on any atom is 0.340 e. The van der Waals surface area contributed by atoms with Crippen LogP contribution in [0.2, 0.25) is 0 Å². The standard InChI is InChI=1S/C27H29FN2O3/c1-17-24(26(31)32-16-18-6-8-20(28)9-7-18)25-21-15-19-5-4-14-30-13-3-2-12-27(19,30)33-23(21)11-10-22(25)29-17/h6-11,19,29H,2-5,12-16H2,1H3. The summed E-state index contributed by atoms with van der Waals surface area (Å²) in [5.74, 6) is 0.669. The number of ether oxygens (including phenoxy) is 2. The number of fused-ring (bicyclic) bond motifs is 3. The van der Waals surface area contributed by atoms with Gasteiger partial charge in [0, 0.05) is 47.6 Å². The van der Waals surface area contributed by atoms with Crippen molar-refractivity contribution in [2.45, 2.75) is 57.8 Å². The molecule has 6 rings (SSSR count). The molecule has 4 heterocycles. The van der Waals surface area contributed by atoms with Gasteiger partial charge in [-0.25, -0.2) is 9.18 Å². The molecule has 3 aliphatic rings. The largest absolute Gasteiger partial charge is 0.472 e. The van der Waals surface area contributed by atoms with E-state index in [1.807, 2.05) is 13.0 Å². The Morgan fingerprint density at radius 1 is 1.18 bits per heavy atom. The zero-order valence-corrected chi connectivity index (χ0v) is 19.0. The summed E-state index contributed by atoms with van der Waals surface area (Å²) in [6.07, 6.45) is 6.78. The van der Waals surface area contributed by atoms with Crippen LogP contribution >= 0.6 is 0 Å². The maximum absolute atomic E-state index is 13.2. The van der Waals surface area contributed by atoms with E-state index in [0.717, 1.165) is 65.8 Å². The summed E-state index contributed by atoms with van der Waals surface area (Å²) in [6, 6.07) is 10.1. The fourth-order valence-corrected chi connectivity index (χ4v) is 6.27. The van der Waals surface area contributed by atoms with Gasteiger partial charge in [-0.05, 0) is 68.9 Å². The second kappa shape index (κ2) is 7.87. The SMILES string of the molecule is Cc1[nH]c2ccc3c(c2c1C(=O)OCc1ccc(F)cc1)CC1CCCN2CCCCC12O3. The average Bonchev–Trinajstić information content (AvgIpc) is 3.17. The Hall–Kier alpha value is -2.86. The summed E-state index contributed by atoms with van der Waals surface area (Å²) in [6.45, 7) is 4.24. The first-order valence-corrected chi connectivity index (χ1v) is 12.0. The van der Waals surface area contributed by atoms with Crippen LogP contribution in [0.5, 0.6) is 5.75 Å². The summed E-state index contributed by atoms with van der Waals surface area (Å²) in [5.41, 5.74) is 4.01. The topological polar surface area (TPSA) is 54.6 Å². The van der Waals surface area contributed by atoms with E-state index in [0.29, 0.717) is 11.5 Å². The smallest absolute Gasteiger partial charge is 0.340 e. The Morgan fingerprint density at radius 2 is 2.00 bits per heavy atom. The van der Waals surface area contributed by atoms with Crippen LogP contribution < -0.4 is 4.74 Å². The van der Waals surface area contributed by atoms with Crippen molar-refractivity contribution >= 4 is 16.9 Å². The molecule has 33 heavy (non-hydrogen) atoms. The highest BCUT2D eigenvalue weighted by Crippen LogP contribution is 2.50. The highest BCUT2D eigenvalue weighted by Gasteiger charge is 2.52. The fourth-order valence-electron chi connectivity index (χ4n) is 6.27. The highest BCUT2D eigenvalue weighted by atomic mass is 19.1. The van der Waals surface area contributed by atoms with Gasteiger partial charge in [0.15, 0.2) is 5.72 Å². The molecule has 1 aromatic heterocycles. The van der Waals surface area contributed by atoms with E-state index in [9.17, 15) is 9.18 Å². The number of aryl methyl sites for hydroxylation is 1. The van der Waals surface area contributed by atoms with Crippen LogP contribution in [-0.2, 0) is 17.8 Å². The summed E-state index contributed by atoms with van der Waals surface area (Å²) in [7, 11) is 0. The van der Waals surface area contributed by atoms with E-state index in [2.05, 4.69) is 16.0 Å². The molecule has 0 radical (unpaired) electrons. The number of hydrogen-bond donors (Lipinski definition) is 1. The molecule has 2 saturated heterocycles. The monoisotopic (exact) mass is 448 g/mol. The van der Waals surface area contributed by atoms with E-state index in [4.69, 9.17) is 9.47 Å². The third-order valence-electron chi connectivity index (χ3n) is 7.81. The van der Waals surface area contributed by atoms with Crippen molar-refractivity contribution in [3.63, 3.8) is 0 Å². The van der Waals surface area contributed by atoms with E-state index in [1.165, 1.54) is 31.4 Å². The summed E-state index contributed by atoms with van der Waals surface area (Å²) in [5, 5.41) is 0.928. The van der Waals surface area contributed by atoms with Crippen LogP contribution in [0.15, 0.2) is 36.4 Å². The van der Waals surface area contributed by atoms with Gasteiger partial charge in [0.25, 0.3) is 0 Å². The number of piperidine rings is 2.